The summed E-state index contributed by atoms with van der Waals surface area (Å²) >= 11 is 8.78. The van der Waals surface area contributed by atoms with Crippen molar-refractivity contribution in [2.75, 3.05) is 13.3 Å². The first-order valence-corrected chi connectivity index (χ1v) is 4.16. The van der Waals surface area contributed by atoms with Crippen LogP contribution in [0.2, 0.25) is 0 Å². The molecule has 0 aromatic heterocycles. The van der Waals surface area contributed by atoms with Crippen LogP contribution in [-0.2, 0) is 0 Å². The van der Waals surface area contributed by atoms with Crippen molar-refractivity contribution in [3.63, 3.8) is 0 Å². The predicted octanol–water partition coefficient (Wildman–Crippen LogP) is 0.382. The van der Waals surface area contributed by atoms with Gasteiger partial charge in [-0.05, 0) is 0 Å². The second-order valence-corrected chi connectivity index (χ2v) is 3.69. The number of hydrogen-bond donors (Lipinski definition) is 0. The van der Waals surface area contributed by atoms with Gasteiger partial charge in [0, 0.05) is 0 Å². The van der Waals surface area contributed by atoms with Crippen molar-refractivity contribution in [2.45, 2.75) is 0 Å². The zero-order valence-corrected chi connectivity index (χ0v) is 7.72. The maximum absolute atomic E-state index is 4.85. The summed E-state index contributed by atoms with van der Waals surface area (Å²) in [7, 11) is 1.92. The van der Waals surface area contributed by atoms with Gasteiger partial charge in [0.15, 0.2) is 0 Å². The van der Waals surface area contributed by atoms with Gasteiger partial charge in [0.05, 0.1) is 0 Å². The third-order valence-corrected chi connectivity index (χ3v) is 2.84. The van der Waals surface area contributed by atoms with E-state index >= 15 is 0 Å². The number of nitrogens with zero attached hydrogens (tertiary/aromatic N) is 1. The van der Waals surface area contributed by atoms with Gasteiger partial charge in [-0.2, -0.15) is 0 Å². The first kappa shape index (κ1) is 7.76. The summed E-state index contributed by atoms with van der Waals surface area (Å²) < 4.78 is 2.76. The van der Waals surface area contributed by atoms with Gasteiger partial charge >= 0.3 is 61.8 Å². The topological polar surface area (TPSA) is 3.24 Å². The summed E-state index contributed by atoms with van der Waals surface area (Å²) in [4.78, 5) is 0. The predicted molar refractivity (Wildman–Crippen MR) is 41.0 cm³/mol. The van der Waals surface area contributed by atoms with Crippen molar-refractivity contribution in [3.05, 3.63) is 0 Å². The van der Waals surface area contributed by atoms with E-state index < -0.39 is 0 Å². The molecular weight excluding hydrogens is 193 g/mol. The van der Waals surface area contributed by atoms with E-state index in [1.165, 1.54) is 0 Å². The molecule has 0 saturated heterocycles. The van der Waals surface area contributed by atoms with E-state index in [1.807, 2.05) is 17.2 Å². The average Bonchev–Trinajstić information content (AvgIpc) is 1.65. The number of hydrogen-bond acceptors (Lipinski definition) is 2. The van der Waals surface area contributed by atoms with E-state index in [0.29, 0.717) is 0 Å². The van der Waals surface area contributed by atoms with Gasteiger partial charge < -0.3 is 0 Å². The van der Waals surface area contributed by atoms with Crippen LogP contribution in [0.15, 0.2) is 0 Å². The molecule has 1 nitrogen and oxygen atoms in total. The Labute approximate surface area is 61.9 Å². The molecule has 0 atom stereocenters. The fourth-order valence-corrected chi connectivity index (χ4v) is 0.910. The quantitative estimate of drug-likeness (QED) is 0.411. The Bertz CT molecular complexity index is 73.3. The van der Waals surface area contributed by atoms with Crippen molar-refractivity contribution in [2.24, 2.45) is 0 Å². The Morgan fingerprint density at radius 3 is 2.29 bits per heavy atom. The normalized spacial score (nSPS) is 8.43. The van der Waals surface area contributed by atoms with E-state index in [-0.39, 0.29) is 0 Å². The van der Waals surface area contributed by atoms with Crippen LogP contribution in [0.1, 0.15) is 0 Å². The van der Waals surface area contributed by atoms with Gasteiger partial charge in [0.2, 0.25) is 0 Å². The molecule has 0 aromatic carbocycles. The van der Waals surface area contributed by atoms with Crippen LogP contribution >= 0.6 is 24.0 Å². The molecule has 42 valence electrons. The molecule has 0 amide bonds. The zero-order chi connectivity index (χ0) is 5.86. The molecule has 0 aliphatic heterocycles. The first-order valence-electron chi connectivity index (χ1n) is 1.69. The van der Waals surface area contributed by atoms with Crippen molar-refractivity contribution in [3.8, 4) is 0 Å². The van der Waals surface area contributed by atoms with Crippen LogP contribution < -0.4 is 0 Å². The molecule has 0 aromatic rings. The van der Waals surface area contributed by atoms with Gasteiger partial charge in [0.25, 0.3) is 0 Å². The fraction of sp³-hybridized carbons (Fsp3) is 0.667. The monoisotopic (exact) mass is 201 g/mol. The number of thioether (sulfide) groups is 1. The second kappa shape index (κ2) is 3.72. The molecule has 0 aliphatic rings. The van der Waals surface area contributed by atoms with Gasteiger partial charge in [-0.25, -0.2) is 0 Å². The second-order valence-electron chi connectivity index (χ2n) is 0.994. The van der Waals surface area contributed by atoms with E-state index in [0.717, 1.165) is 4.32 Å². The van der Waals surface area contributed by atoms with E-state index in [9.17, 15) is 0 Å². The van der Waals surface area contributed by atoms with Crippen LogP contribution in [0.4, 0.5) is 0 Å². The molecule has 0 spiro atoms. The molecule has 0 unspecified atom stereocenters. The Hall–Kier alpha value is 0.759. The molecule has 0 aliphatic carbocycles. The molecule has 7 heavy (non-hydrogen) atoms. The fourth-order valence-electron chi connectivity index (χ4n) is 0.132. The molecular formula is C3H7NS2Se. The SMILES string of the molecule is CSC(=S)N(C)[SeH]. The Balaban J connectivity index is 3.35. The summed E-state index contributed by atoms with van der Waals surface area (Å²) in [5.41, 5.74) is 0. The van der Waals surface area contributed by atoms with Crippen molar-refractivity contribution in [1.82, 2.24) is 3.92 Å². The molecule has 0 bridgehead atoms. The average molecular weight is 200 g/mol. The van der Waals surface area contributed by atoms with E-state index in [2.05, 4.69) is 16.2 Å². The molecule has 0 N–H and O–H groups in total. The molecule has 0 radical (unpaired) electrons. The maximum atomic E-state index is 4.85. The molecule has 0 heterocycles. The van der Waals surface area contributed by atoms with Crippen molar-refractivity contribution < 1.29 is 0 Å². The van der Waals surface area contributed by atoms with Crippen LogP contribution in [0.25, 0.3) is 0 Å². The van der Waals surface area contributed by atoms with Crippen LogP contribution in [0.3, 0.4) is 0 Å². The van der Waals surface area contributed by atoms with Gasteiger partial charge in [-0.3, -0.25) is 0 Å². The number of thiocarbonyl (C=S) groups is 1. The molecule has 0 rings (SSSR count). The molecule has 0 saturated carbocycles. The minimum atomic E-state index is 0.903. The van der Waals surface area contributed by atoms with Crippen LogP contribution in [0.5, 0.6) is 0 Å². The first-order chi connectivity index (χ1) is 3.18. The van der Waals surface area contributed by atoms with Crippen LogP contribution in [0, 0.1) is 0 Å². The number of rotatable bonds is 0. The summed E-state index contributed by atoms with van der Waals surface area (Å²) in [6.45, 7) is 0. The van der Waals surface area contributed by atoms with E-state index in [1.54, 1.807) is 11.8 Å². The van der Waals surface area contributed by atoms with Crippen molar-refractivity contribution in [1.29, 1.82) is 0 Å². The summed E-state index contributed by atoms with van der Waals surface area (Å²) in [6.07, 6.45) is 1.96. The van der Waals surface area contributed by atoms with Gasteiger partial charge in [-0.15, -0.1) is 0 Å². The third-order valence-electron chi connectivity index (χ3n) is 0.439. The third kappa shape index (κ3) is 3.35. The van der Waals surface area contributed by atoms with Crippen LogP contribution in [-0.4, -0.2) is 37.8 Å². The Morgan fingerprint density at radius 1 is 1.86 bits per heavy atom. The Morgan fingerprint density at radius 2 is 2.29 bits per heavy atom. The summed E-state index contributed by atoms with van der Waals surface area (Å²) in [6, 6.07) is 0. The standard InChI is InChI=1S/C3H7NS2Se/c1-4(7)3(5)6-2/h7H,1-2H3. The molecule has 0 fully saturated rings. The Kier molecular flexibility index (Phi) is 4.13. The summed E-state index contributed by atoms with van der Waals surface area (Å²) in [5.74, 6) is 0. The van der Waals surface area contributed by atoms with Gasteiger partial charge in [-0.1, -0.05) is 0 Å². The zero-order valence-electron chi connectivity index (χ0n) is 4.21. The minimum absolute atomic E-state index is 0.903. The van der Waals surface area contributed by atoms with Crippen molar-refractivity contribution >= 4 is 44.5 Å². The van der Waals surface area contributed by atoms with E-state index in [4.69, 9.17) is 12.2 Å². The summed E-state index contributed by atoms with van der Waals surface area (Å²) in [5, 5.41) is 0. The van der Waals surface area contributed by atoms with Gasteiger partial charge in [0.1, 0.15) is 0 Å². The molecule has 4 heteroatoms.